The van der Waals surface area contributed by atoms with Crippen molar-refractivity contribution in [3.05, 3.63) is 63.5 Å². The van der Waals surface area contributed by atoms with Gasteiger partial charge >= 0.3 is 0 Å². The molecule has 0 aliphatic rings. The highest BCUT2D eigenvalue weighted by atomic mass is 19.1. The first-order chi connectivity index (χ1) is 9.88. The summed E-state index contributed by atoms with van der Waals surface area (Å²) in [4.78, 5) is 21.9. The number of hydrogen-bond donors (Lipinski definition) is 2. The normalized spacial score (nSPS) is 10.2. The first kappa shape index (κ1) is 14.4. The average Bonchev–Trinajstić information content (AvgIpc) is 2.43. The number of anilines is 1. The highest BCUT2D eigenvalue weighted by molar-refractivity contribution is 6.05. The number of benzene rings is 2. The van der Waals surface area contributed by atoms with Gasteiger partial charge < -0.3 is 10.4 Å². The van der Waals surface area contributed by atoms with Crippen LogP contribution in [0.1, 0.15) is 15.9 Å². The quantitative estimate of drug-likeness (QED) is 0.516. The third-order valence-electron chi connectivity index (χ3n) is 2.81. The van der Waals surface area contributed by atoms with Crippen molar-refractivity contribution in [1.29, 1.82) is 0 Å². The molecule has 2 aromatic carbocycles. The van der Waals surface area contributed by atoms with Crippen molar-refractivity contribution in [3.8, 4) is 5.75 Å². The summed E-state index contributed by atoms with van der Waals surface area (Å²) in [6, 6.07) is 7.19. The third-order valence-corrected chi connectivity index (χ3v) is 2.81. The molecule has 0 aliphatic carbocycles. The zero-order chi connectivity index (χ0) is 15.6. The molecule has 0 aromatic heterocycles. The van der Waals surface area contributed by atoms with E-state index in [1.54, 1.807) is 13.0 Å². The van der Waals surface area contributed by atoms with E-state index in [2.05, 4.69) is 5.32 Å². The number of hydrogen-bond acceptors (Lipinski definition) is 4. The van der Waals surface area contributed by atoms with Crippen LogP contribution < -0.4 is 5.32 Å². The number of amides is 1. The summed E-state index contributed by atoms with van der Waals surface area (Å²) in [7, 11) is 0. The van der Waals surface area contributed by atoms with E-state index in [0.717, 1.165) is 23.8 Å². The van der Waals surface area contributed by atoms with E-state index in [0.29, 0.717) is 0 Å². The fraction of sp³-hybridized carbons (Fsp3) is 0.0714. The van der Waals surface area contributed by atoms with Gasteiger partial charge in [0.2, 0.25) is 0 Å². The molecule has 2 rings (SSSR count). The Kier molecular flexibility index (Phi) is 3.84. The Bertz CT molecular complexity index is 731. The van der Waals surface area contributed by atoms with Crippen molar-refractivity contribution >= 4 is 17.3 Å². The molecule has 2 aromatic rings. The minimum atomic E-state index is -0.884. The Morgan fingerprint density at radius 1 is 1.29 bits per heavy atom. The largest absolute Gasteiger partial charge is 0.506 e. The zero-order valence-electron chi connectivity index (χ0n) is 11.0. The predicted molar refractivity (Wildman–Crippen MR) is 73.9 cm³/mol. The van der Waals surface area contributed by atoms with Crippen molar-refractivity contribution in [1.82, 2.24) is 0 Å². The molecule has 0 atom stereocenters. The van der Waals surface area contributed by atoms with Crippen molar-refractivity contribution in [2.75, 3.05) is 5.32 Å². The average molecular weight is 290 g/mol. The zero-order valence-corrected chi connectivity index (χ0v) is 11.0. The number of nitro groups is 1. The fourth-order valence-corrected chi connectivity index (χ4v) is 1.74. The molecule has 0 spiro atoms. The van der Waals surface area contributed by atoms with Gasteiger partial charge in [0.1, 0.15) is 11.6 Å². The summed E-state index contributed by atoms with van der Waals surface area (Å²) in [5.41, 5.74) is 0.0219. The number of nitrogens with one attached hydrogen (secondary N) is 1. The standard InChI is InChI=1S/C14H11FN2O4/c1-8-2-5-13(18)12(6-8)16-14(19)10-7-9(17(20)21)3-4-11(10)15/h2-7,18H,1H3,(H,16,19). The van der Waals surface area contributed by atoms with E-state index in [9.17, 15) is 24.4 Å². The number of aryl methyl sites for hydroxylation is 1. The summed E-state index contributed by atoms with van der Waals surface area (Å²) >= 11 is 0. The van der Waals surface area contributed by atoms with Gasteiger partial charge in [-0.2, -0.15) is 0 Å². The van der Waals surface area contributed by atoms with E-state index < -0.39 is 27.9 Å². The molecule has 0 fully saturated rings. The lowest BCUT2D eigenvalue weighted by molar-refractivity contribution is -0.384. The Hall–Kier alpha value is -2.96. The summed E-state index contributed by atoms with van der Waals surface area (Å²) in [6.07, 6.45) is 0. The smallest absolute Gasteiger partial charge is 0.270 e. The number of carbonyl (C=O) groups excluding carboxylic acids is 1. The molecule has 21 heavy (non-hydrogen) atoms. The number of halogens is 1. The topological polar surface area (TPSA) is 92.5 Å². The van der Waals surface area contributed by atoms with E-state index in [1.807, 2.05) is 0 Å². The van der Waals surface area contributed by atoms with E-state index in [-0.39, 0.29) is 11.4 Å². The SMILES string of the molecule is Cc1ccc(O)c(NC(=O)c2cc([N+](=O)[O-])ccc2F)c1. The van der Waals surface area contributed by atoms with E-state index in [1.165, 1.54) is 12.1 Å². The molecular formula is C14H11FN2O4. The molecule has 6 nitrogen and oxygen atoms in total. The van der Waals surface area contributed by atoms with Gasteiger partial charge in [-0.3, -0.25) is 14.9 Å². The van der Waals surface area contributed by atoms with Crippen LogP contribution in [-0.2, 0) is 0 Å². The molecule has 108 valence electrons. The van der Waals surface area contributed by atoms with Gasteiger partial charge in [-0.25, -0.2) is 4.39 Å². The van der Waals surface area contributed by atoms with Crippen LogP contribution in [0.3, 0.4) is 0 Å². The molecule has 2 N–H and O–H groups in total. The van der Waals surface area contributed by atoms with Crippen LogP contribution >= 0.6 is 0 Å². The van der Waals surface area contributed by atoms with Crippen LogP contribution in [0.2, 0.25) is 0 Å². The van der Waals surface area contributed by atoms with Gasteiger partial charge in [0.25, 0.3) is 11.6 Å². The number of phenolic OH excluding ortho intramolecular Hbond substituents is 1. The van der Waals surface area contributed by atoms with Crippen molar-refractivity contribution < 1.29 is 19.2 Å². The molecule has 0 aliphatic heterocycles. The molecular weight excluding hydrogens is 279 g/mol. The summed E-state index contributed by atoms with van der Waals surface area (Å²) in [6.45, 7) is 1.75. The number of aromatic hydroxyl groups is 1. The van der Waals surface area contributed by atoms with E-state index in [4.69, 9.17) is 0 Å². The predicted octanol–water partition coefficient (Wildman–Crippen LogP) is 3.00. The van der Waals surface area contributed by atoms with Crippen molar-refractivity contribution in [3.63, 3.8) is 0 Å². The summed E-state index contributed by atoms with van der Waals surface area (Å²) in [5.74, 6) is -1.94. The number of nitro benzene ring substituents is 1. The van der Waals surface area contributed by atoms with Gasteiger partial charge in [0, 0.05) is 12.1 Å². The molecule has 0 bridgehead atoms. The van der Waals surface area contributed by atoms with Crippen LogP contribution in [0.25, 0.3) is 0 Å². The maximum absolute atomic E-state index is 13.6. The van der Waals surface area contributed by atoms with Gasteiger partial charge in [-0.05, 0) is 30.7 Å². The number of nitrogens with zero attached hydrogens (tertiary/aromatic N) is 1. The van der Waals surface area contributed by atoms with Gasteiger partial charge in [-0.15, -0.1) is 0 Å². The van der Waals surface area contributed by atoms with Gasteiger partial charge in [0.15, 0.2) is 0 Å². The van der Waals surface area contributed by atoms with Crippen LogP contribution in [0.4, 0.5) is 15.8 Å². The highest BCUT2D eigenvalue weighted by Crippen LogP contribution is 2.25. The first-order valence-corrected chi connectivity index (χ1v) is 5.93. The lowest BCUT2D eigenvalue weighted by Gasteiger charge is -2.08. The second kappa shape index (κ2) is 5.58. The van der Waals surface area contributed by atoms with E-state index >= 15 is 0 Å². The maximum Gasteiger partial charge on any atom is 0.270 e. The number of non-ortho nitro benzene ring substituents is 1. The minimum absolute atomic E-state index is 0.103. The second-order valence-electron chi connectivity index (χ2n) is 4.40. The van der Waals surface area contributed by atoms with Gasteiger partial charge in [0.05, 0.1) is 16.2 Å². The Balaban J connectivity index is 2.34. The fourth-order valence-electron chi connectivity index (χ4n) is 1.74. The maximum atomic E-state index is 13.6. The van der Waals surface area contributed by atoms with Crippen LogP contribution in [0, 0.1) is 22.9 Å². The summed E-state index contributed by atoms with van der Waals surface area (Å²) in [5, 5.41) is 22.6. The molecule has 0 radical (unpaired) electrons. The van der Waals surface area contributed by atoms with Crippen LogP contribution in [-0.4, -0.2) is 15.9 Å². The van der Waals surface area contributed by atoms with Crippen LogP contribution in [0.5, 0.6) is 5.75 Å². The molecule has 0 heterocycles. The molecule has 7 heteroatoms. The lowest BCUT2D eigenvalue weighted by atomic mass is 10.1. The number of phenols is 1. The highest BCUT2D eigenvalue weighted by Gasteiger charge is 2.18. The molecule has 0 saturated heterocycles. The number of rotatable bonds is 3. The van der Waals surface area contributed by atoms with Crippen LogP contribution in [0.15, 0.2) is 36.4 Å². The molecule has 0 unspecified atom stereocenters. The third kappa shape index (κ3) is 3.14. The lowest BCUT2D eigenvalue weighted by Crippen LogP contribution is -2.14. The Morgan fingerprint density at radius 2 is 2.00 bits per heavy atom. The molecule has 1 amide bonds. The van der Waals surface area contributed by atoms with Gasteiger partial charge in [-0.1, -0.05) is 6.07 Å². The first-order valence-electron chi connectivity index (χ1n) is 5.93. The Labute approximate surface area is 119 Å². The second-order valence-corrected chi connectivity index (χ2v) is 4.40. The van der Waals surface area contributed by atoms with Crippen molar-refractivity contribution in [2.24, 2.45) is 0 Å². The molecule has 0 saturated carbocycles. The number of carbonyl (C=O) groups is 1. The summed E-state index contributed by atoms with van der Waals surface area (Å²) < 4.78 is 13.6. The monoisotopic (exact) mass is 290 g/mol. The minimum Gasteiger partial charge on any atom is -0.506 e. The Morgan fingerprint density at radius 3 is 2.67 bits per heavy atom. The van der Waals surface area contributed by atoms with Crippen molar-refractivity contribution in [2.45, 2.75) is 6.92 Å².